The largest absolute Gasteiger partial charge is 0.299 e. The van der Waals surface area contributed by atoms with Crippen molar-refractivity contribution in [3.8, 4) is 11.1 Å². The molecule has 1 atom stereocenters. The summed E-state index contributed by atoms with van der Waals surface area (Å²) in [6.45, 7) is 7.03. The predicted molar refractivity (Wildman–Crippen MR) is 141 cm³/mol. The molecule has 1 fully saturated rings. The molecule has 1 unspecified atom stereocenters. The van der Waals surface area contributed by atoms with Crippen LogP contribution in [0.2, 0.25) is 0 Å². The Bertz CT molecular complexity index is 1380. The van der Waals surface area contributed by atoms with E-state index in [9.17, 15) is 13.2 Å². The van der Waals surface area contributed by atoms with Crippen LogP contribution < -0.4 is 0 Å². The van der Waals surface area contributed by atoms with E-state index in [2.05, 4.69) is 55.2 Å². The van der Waals surface area contributed by atoms with Gasteiger partial charge in [-0.2, -0.15) is 9.40 Å². The zero-order valence-corrected chi connectivity index (χ0v) is 21.9. The van der Waals surface area contributed by atoms with Crippen molar-refractivity contribution in [2.75, 3.05) is 13.1 Å². The maximum atomic E-state index is 13.7. The summed E-state index contributed by atoms with van der Waals surface area (Å²) >= 11 is 0. The van der Waals surface area contributed by atoms with Crippen molar-refractivity contribution in [3.63, 3.8) is 0 Å². The molecular weight excluding hydrogens is 470 g/mol. The topological polar surface area (TPSA) is 83.1 Å². The molecule has 0 radical (unpaired) electrons. The van der Waals surface area contributed by atoms with Crippen LogP contribution in [0.4, 0.5) is 0 Å². The van der Waals surface area contributed by atoms with Crippen LogP contribution >= 0.6 is 0 Å². The van der Waals surface area contributed by atoms with Crippen LogP contribution in [0.25, 0.3) is 11.1 Å². The number of rotatable bonds is 5. The fourth-order valence-corrected chi connectivity index (χ4v) is 6.91. The number of aromatic nitrogens is 2. The van der Waals surface area contributed by atoms with Crippen LogP contribution in [0.1, 0.15) is 51.2 Å². The summed E-state index contributed by atoms with van der Waals surface area (Å²) in [4.78, 5) is 12.6. The highest BCUT2D eigenvalue weighted by molar-refractivity contribution is 7.89. The molecule has 1 saturated carbocycles. The molecule has 1 aliphatic heterocycles. The Morgan fingerprint density at radius 3 is 2.39 bits per heavy atom. The second-order valence-corrected chi connectivity index (χ2v) is 13.1. The first kappa shape index (κ1) is 24.7. The van der Waals surface area contributed by atoms with Crippen LogP contribution in [0, 0.1) is 5.41 Å². The second-order valence-electron chi connectivity index (χ2n) is 11.2. The van der Waals surface area contributed by atoms with Crippen molar-refractivity contribution in [1.29, 1.82) is 0 Å². The minimum absolute atomic E-state index is 0.0447. The number of nitrogens with one attached hydrogen (secondary N) is 1. The molecule has 5 rings (SSSR count). The van der Waals surface area contributed by atoms with E-state index in [0.717, 1.165) is 27.8 Å². The van der Waals surface area contributed by atoms with E-state index < -0.39 is 10.0 Å². The Morgan fingerprint density at radius 2 is 1.75 bits per heavy atom. The van der Waals surface area contributed by atoms with Crippen molar-refractivity contribution in [2.24, 2.45) is 5.41 Å². The van der Waals surface area contributed by atoms with Gasteiger partial charge in [0.2, 0.25) is 10.0 Å². The van der Waals surface area contributed by atoms with Crippen molar-refractivity contribution in [2.45, 2.75) is 56.8 Å². The molecular formula is C29H33N3O3S. The van der Waals surface area contributed by atoms with E-state index in [4.69, 9.17) is 0 Å². The van der Waals surface area contributed by atoms with Crippen LogP contribution in [0.3, 0.4) is 0 Å². The third-order valence-electron chi connectivity index (χ3n) is 7.66. The van der Waals surface area contributed by atoms with Crippen molar-refractivity contribution in [3.05, 3.63) is 83.7 Å². The number of nitrogens with zero attached hydrogens (tertiary/aromatic N) is 2. The van der Waals surface area contributed by atoms with E-state index in [1.807, 2.05) is 24.4 Å². The maximum Gasteiger partial charge on any atom is 0.243 e. The minimum atomic E-state index is -3.66. The van der Waals surface area contributed by atoms with Crippen LogP contribution in [0.5, 0.6) is 0 Å². The standard InChI is InChI=1S/C29H33N3O3S/c1-28(2,3)24-8-10-27(11-9-24)36(34,35)32-15-13-25-16-26(33)12-14-29(25,20-32)17-21-4-6-22(7-5-21)23-18-30-31-19-23/h4-11,13,18-19H,12,14-17,20H2,1-3H3,(H,30,31). The molecule has 3 aromatic rings. The number of benzene rings is 2. The highest BCUT2D eigenvalue weighted by atomic mass is 32.2. The van der Waals surface area contributed by atoms with Crippen molar-refractivity contribution in [1.82, 2.24) is 14.5 Å². The van der Waals surface area contributed by atoms with Gasteiger partial charge in [0.15, 0.2) is 0 Å². The summed E-state index contributed by atoms with van der Waals surface area (Å²) < 4.78 is 29.0. The highest BCUT2D eigenvalue weighted by Gasteiger charge is 2.45. The molecule has 1 N–H and O–H groups in total. The zero-order chi connectivity index (χ0) is 25.6. The average molecular weight is 504 g/mol. The summed E-state index contributed by atoms with van der Waals surface area (Å²) in [5.74, 6) is 0.237. The minimum Gasteiger partial charge on any atom is -0.299 e. The number of carbonyl (C=O) groups is 1. The van der Waals surface area contributed by atoms with Gasteiger partial charge in [-0.25, -0.2) is 8.42 Å². The van der Waals surface area contributed by atoms with Crippen LogP contribution in [0.15, 0.2) is 77.5 Å². The molecule has 188 valence electrons. The molecule has 1 aliphatic carbocycles. The van der Waals surface area contributed by atoms with E-state index in [-0.39, 0.29) is 16.6 Å². The number of H-pyrrole nitrogens is 1. The second kappa shape index (κ2) is 9.12. The summed E-state index contributed by atoms with van der Waals surface area (Å²) in [7, 11) is -3.66. The highest BCUT2D eigenvalue weighted by Crippen LogP contribution is 2.46. The number of fused-ring (bicyclic) bond motifs is 1. The number of hydrogen-bond donors (Lipinski definition) is 1. The number of ketones is 1. The third kappa shape index (κ3) is 4.70. The SMILES string of the molecule is CC(C)(C)c1ccc(S(=O)(=O)N2CC=C3CC(=O)CCC3(Cc3ccc(-c4cn[nH]c4)cc3)C2)cc1. The Balaban J connectivity index is 1.43. The normalized spacial score (nSPS) is 21.2. The first-order chi connectivity index (χ1) is 17.1. The first-order valence-electron chi connectivity index (χ1n) is 12.5. The molecule has 2 aromatic carbocycles. The lowest BCUT2D eigenvalue weighted by molar-refractivity contribution is -0.120. The molecule has 0 amide bonds. The molecule has 36 heavy (non-hydrogen) atoms. The Kier molecular flexibility index (Phi) is 6.25. The van der Waals surface area contributed by atoms with E-state index in [1.54, 1.807) is 22.6 Å². The molecule has 0 spiro atoms. The number of aromatic amines is 1. The predicted octanol–water partition coefficient (Wildman–Crippen LogP) is 5.29. The lowest BCUT2D eigenvalue weighted by atomic mass is 9.65. The Labute approximate surface area is 213 Å². The third-order valence-corrected chi connectivity index (χ3v) is 9.48. The molecule has 0 saturated heterocycles. The van der Waals surface area contributed by atoms with Crippen molar-refractivity contribution >= 4 is 15.8 Å². The molecule has 7 heteroatoms. The molecule has 6 nitrogen and oxygen atoms in total. The Hall–Kier alpha value is -3.03. The van der Waals surface area contributed by atoms with Crippen LogP contribution in [-0.2, 0) is 26.7 Å². The van der Waals surface area contributed by atoms with Gasteiger partial charge in [-0.3, -0.25) is 9.89 Å². The van der Waals surface area contributed by atoms with Gasteiger partial charge in [-0.1, -0.05) is 68.8 Å². The molecule has 0 bridgehead atoms. The summed E-state index contributed by atoms with van der Waals surface area (Å²) in [5, 5.41) is 6.86. The summed E-state index contributed by atoms with van der Waals surface area (Å²) in [5.41, 5.74) is 5.01. The zero-order valence-electron chi connectivity index (χ0n) is 21.1. The summed E-state index contributed by atoms with van der Waals surface area (Å²) in [6, 6.07) is 15.6. The monoisotopic (exact) mass is 503 g/mol. The Morgan fingerprint density at radius 1 is 1.03 bits per heavy atom. The molecule has 2 aliphatic rings. The summed E-state index contributed by atoms with van der Waals surface area (Å²) in [6.07, 6.45) is 7.91. The number of carbonyl (C=O) groups excluding carboxylic acids is 1. The number of sulfonamides is 1. The van der Waals surface area contributed by atoms with Gasteiger partial charge in [-0.05, 0) is 47.1 Å². The van der Waals surface area contributed by atoms with Gasteiger partial charge in [-0.15, -0.1) is 0 Å². The van der Waals surface area contributed by atoms with Crippen LogP contribution in [-0.4, -0.2) is 41.8 Å². The molecule has 1 aromatic heterocycles. The van der Waals surface area contributed by atoms with Gasteiger partial charge in [0, 0.05) is 43.1 Å². The number of hydrogen-bond acceptors (Lipinski definition) is 4. The fraction of sp³-hybridized carbons (Fsp3) is 0.379. The lowest BCUT2D eigenvalue weighted by Crippen LogP contribution is -2.49. The quantitative estimate of drug-likeness (QED) is 0.480. The average Bonchev–Trinajstić information content (AvgIpc) is 3.39. The maximum absolute atomic E-state index is 13.7. The van der Waals surface area contributed by atoms with Gasteiger partial charge < -0.3 is 0 Å². The smallest absolute Gasteiger partial charge is 0.243 e. The van der Waals surface area contributed by atoms with Gasteiger partial charge in [0.25, 0.3) is 0 Å². The van der Waals surface area contributed by atoms with E-state index in [1.165, 1.54) is 0 Å². The fourth-order valence-electron chi connectivity index (χ4n) is 5.44. The molecule has 2 heterocycles. The van der Waals surface area contributed by atoms with E-state index in [0.29, 0.717) is 43.7 Å². The van der Waals surface area contributed by atoms with E-state index >= 15 is 0 Å². The van der Waals surface area contributed by atoms with Crippen molar-refractivity contribution < 1.29 is 13.2 Å². The lowest BCUT2D eigenvalue weighted by Gasteiger charge is -2.45. The number of Topliss-reactive ketones (excluding diaryl/α,β-unsaturated/α-hetero) is 1. The van der Waals surface area contributed by atoms with Gasteiger partial charge in [0.05, 0.1) is 11.1 Å². The van der Waals surface area contributed by atoms with Gasteiger partial charge in [0.1, 0.15) is 5.78 Å². The van der Waals surface area contributed by atoms with Gasteiger partial charge >= 0.3 is 0 Å². The first-order valence-corrected chi connectivity index (χ1v) is 13.9.